The number of aromatic nitrogens is 2. The van der Waals surface area contributed by atoms with Crippen LogP contribution in [0.1, 0.15) is 29.6 Å². The van der Waals surface area contributed by atoms with Crippen molar-refractivity contribution in [1.82, 2.24) is 15.1 Å². The van der Waals surface area contributed by atoms with Crippen LogP contribution >= 0.6 is 0 Å². The fourth-order valence-corrected chi connectivity index (χ4v) is 3.83. The van der Waals surface area contributed by atoms with E-state index in [0.29, 0.717) is 24.7 Å². The van der Waals surface area contributed by atoms with Crippen molar-refractivity contribution in [2.75, 3.05) is 20.3 Å². The molecule has 1 aromatic heterocycles. The van der Waals surface area contributed by atoms with E-state index in [1.807, 2.05) is 19.2 Å². The summed E-state index contributed by atoms with van der Waals surface area (Å²) in [4.78, 5) is 12.6. The molecule has 2 heterocycles. The highest BCUT2D eigenvalue weighted by Gasteiger charge is 2.34. The van der Waals surface area contributed by atoms with E-state index >= 15 is 0 Å². The smallest absolute Gasteiger partial charge is 0.251 e. The number of methoxy groups -OCH3 is 1. The molecule has 2 aliphatic rings. The van der Waals surface area contributed by atoms with Gasteiger partial charge in [-0.3, -0.25) is 4.79 Å². The van der Waals surface area contributed by atoms with Gasteiger partial charge in [-0.2, -0.15) is 5.10 Å². The molecule has 25 heavy (non-hydrogen) atoms. The molecule has 1 amide bonds. The number of fused-ring (bicyclic) bond motifs is 2. The van der Waals surface area contributed by atoms with Crippen molar-refractivity contribution in [3.05, 3.63) is 23.8 Å². The lowest BCUT2D eigenvalue weighted by molar-refractivity contribution is -0.157. The van der Waals surface area contributed by atoms with Gasteiger partial charge >= 0.3 is 0 Å². The highest BCUT2D eigenvalue weighted by Crippen LogP contribution is 2.28. The van der Waals surface area contributed by atoms with Gasteiger partial charge in [-0.25, -0.2) is 4.68 Å². The molecule has 1 saturated carbocycles. The summed E-state index contributed by atoms with van der Waals surface area (Å²) in [5.74, 6) is 0.612. The molecule has 7 nitrogen and oxygen atoms in total. The Labute approximate surface area is 146 Å². The molecule has 1 saturated heterocycles. The maximum atomic E-state index is 12.6. The highest BCUT2D eigenvalue weighted by molar-refractivity contribution is 5.98. The minimum Gasteiger partial charge on any atom is -0.481 e. The fraction of sp³-hybridized carbons (Fsp3) is 0.556. The van der Waals surface area contributed by atoms with Gasteiger partial charge in [0.2, 0.25) is 5.88 Å². The van der Waals surface area contributed by atoms with Gasteiger partial charge < -0.3 is 19.5 Å². The number of carbonyl (C=O) groups excluding carboxylic acids is 1. The molecule has 1 N–H and O–H groups in total. The Bertz CT molecular complexity index is 788. The molecule has 1 aliphatic heterocycles. The third kappa shape index (κ3) is 3.09. The Morgan fingerprint density at radius 2 is 2.08 bits per heavy atom. The largest absolute Gasteiger partial charge is 0.481 e. The Morgan fingerprint density at radius 3 is 2.88 bits per heavy atom. The quantitative estimate of drug-likeness (QED) is 0.915. The van der Waals surface area contributed by atoms with E-state index in [0.717, 1.165) is 30.2 Å². The van der Waals surface area contributed by atoms with Gasteiger partial charge in [0.05, 0.1) is 43.4 Å². The van der Waals surface area contributed by atoms with E-state index in [9.17, 15) is 4.79 Å². The van der Waals surface area contributed by atoms with Crippen LogP contribution in [0.25, 0.3) is 10.9 Å². The molecule has 2 fully saturated rings. The Hall–Kier alpha value is -2.12. The number of aryl methyl sites for hydroxylation is 1. The number of rotatable bonds is 3. The molecule has 0 bridgehead atoms. The molecule has 2 aromatic rings. The van der Waals surface area contributed by atoms with E-state index < -0.39 is 0 Å². The molecule has 1 aliphatic carbocycles. The molecule has 3 atom stereocenters. The van der Waals surface area contributed by atoms with Gasteiger partial charge in [-0.05, 0) is 37.5 Å². The van der Waals surface area contributed by atoms with Gasteiger partial charge in [0.1, 0.15) is 0 Å². The standard InChI is InChI=1S/C18H23N3O4/c1-21-18(23-2)13-5-3-11(9-14(13)20-21)17(22)19-12-4-6-15-16(10-12)25-8-7-24-15/h3,5,9,12,15-16H,4,6-8,10H2,1-2H3,(H,19,22). The summed E-state index contributed by atoms with van der Waals surface area (Å²) in [5, 5.41) is 8.43. The molecule has 0 radical (unpaired) electrons. The first-order valence-corrected chi connectivity index (χ1v) is 8.70. The molecule has 0 spiro atoms. The fourth-order valence-electron chi connectivity index (χ4n) is 3.83. The Morgan fingerprint density at radius 1 is 1.28 bits per heavy atom. The summed E-state index contributed by atoms with van der Waals surface area (Å²) in [6.07, 6.45) is 2.91. The molecular formula is C18H23N3O4. The summed E-state index contributed by atoms with van der Waals surface area (Å²) in [6, 6.07) is 5.61. The number of amides is 1. The third-order valence-electron chi connectivity index (χ3n) is 5.05. The second-order valence-corrected chi connectivity index (χ2v) is 6.67. The maximum absolute atomic E-state index is 12.6. The lowest BCUT2D eigenvalue weighted by atomic mass is 9.89. The third-order valence-corrected chi connectivity index (χ3v) is 5.05. The number of benzene rings is 1. The number of nitrogens with one attached hydrogen (secondary N) is 1. The van der Waals surface area contributed by atoms with Crippen LogP contribution in [-0.4, -0.2) is 54.3 Å². The number of carbonyl (C=O) groups is 1. The molecule has 1 aromatic carbocycles. The topological polar surface area (TPSA) is 74.6 Å². The predicted molar refractivity (Wildman–Crippen MR) is 91.9 cm³/mol. The minimum atomic E-state index is -0.0771. The number of nitrogens with zero attached hydrogens (tertiary/aromatic N) is 2. The zero-order valence-corrected chi connectivity index (χ0v) is 14.5. The second-order valence-electron chi connectivity index (χ2n) is 6.67. The summed E-state index contributed by atoms with van der Waals surface area (Å²) in [5.41, 5.74) is 1.36. The predicted octanol–water partition coefficient (Wildman–Crippen LogP) is 1.65. The SMILES string of the molecule is COc1c2ccc(C(=O)NC3CCC4OCCOC4C3)cc2nn1C. The minimum absolute atomic E-state index is 0.0771. The van der Waals surface area contributed by atoms with Gasteiger partial charge in [0, 0.05) is 18.7 Å². The summed E-state index contributed by atoms with van der Waals surface area (Å²) >= 11 is 0. The summed E-state index contributed by atoms with van der Waals surface area (Å²) < 4.78 is 18.5. The summed E-state index contributed by atoms with van der Waals surface area (Å²) in [6.45, 7) is 1.31. The van der Waals surface area contributed by atoms with E-state index in [1.165, 1.54) is 0 Å². The number of hydrogen-bond donors (Lipinski definition) is 1. The van der Waals surface area contributed by atoms with Crippen LogP contribution in [0, 0.1) is 0 Å². The Kier molecular flexibility index (Phi) is 4.35. The molecular weight excluding hydrogens is 322 g/mol. The van der Waals surface area contributed by atoms with Crippen LogP contribution < -0.4 is 10.1 Å². The van der Waals surface area contributed by atoms with Gasteiger partial charge in [-0.15, -0.1) is 0 Å². The van der Waals surface area contributed by atoms with Crippen molar-refractivity contribution < 1.29 is 19.0 Å². The van der Waals surface area contributed by atoms with E-state index in [1.54, 1.807) is 17.9 Å². The highest BCUT2D eigenvalue weighted by atomic mass is 16.6. The van der Waals surface area contributed by atoms with E-state index in [-0.39, 0.29) is 24.2 Å². The maximum Gasteiger partial charge on any atom is 0.251 e. The second kappa shape index (κ2) is 6.65. The number of ether oxygens (including phenoxy) is 3. The normalized spacial score (nSPS) is 26.2. The van der Waals surface area contributed by atoms with Gasteiger partial charge in [-0.1, -0.05) is 0 Å². The van der Waals surface area contributed by atoms with Gasteiger partial charge in [0.25, 0.3) is 5.91 Å². The van der Waals surface area contributed by atoms with Crippen LogP contribution in [0.15, 0.2) is 18.2 Å². The van der Waals surface area contributed by atoms with Crippen LogP contribution in [0.2, 0.25) is 0 Å². The van der Waals surface area contributed by atoms with Crippen LogP contribution in [-0.2, 0) is 16.5 Å². The lowest BCUT2D eigenvalue weighted by Crippen LogP contribution is -2.49. The summed E-state index contributed by atoms with van der Waals surface area (Å²) in [7, 11) is 3.44. The molecule has 7 heteroatoms. The van der Waals surface area contributed by atoms with E-state index in [4.69, 9.17) is 14.2 Å². The molecule has 4 rings (SSSR count). The zero-order chi connectivity index (χ0) is 17.4. The van der Waals surface area contributed by atoms with Crippen molar-refractivity contribution in [3.8, 4) is 5.88 Å². The number of hydrogen-bond acceptors (Lipinski definition) is 5. The van der Waals surface area contributed by atoms with Crippen molar-refractivity contribution >= 4 is 16.8 Å². The van der Waals surface area contributed by atoms with Crippen molar-refractivity contribution in [1.29, 1.82) is 0 Å². The average Bonchev–Trinajstić information content (AvgIpc) is 2.95. The van der Waals surface area contributed by atoms with Gasteiger partial charge in [0.15, 0.2) is 0 Å². The monoisotopic (exact) mass is 345 g/mol. The van der Waals surface area contributed by atoms with Crippen LogP contribution in [0.4, 0.5) is 0 Å². The van der Waals surface area contributed by atoms with Crippen molar-refractivity contribution in [3.63, 3.8) is 0 Å². The average molecular weight is 345 g/mol. The van der Waals surface area contributed by atoms with Crippen LogP contribution in [0.3, 0.4) is 0 Å². The van der Waals surface area contributed by atoms with E-state index in [2.05, 4.69) is 10.4 Å². The zero-order valence-electron chi connectivity index (χ0n) is 14.5. The first kappa shape index (κ1) is 16.4. The van der Waals surface area contributed by atoms with Crippen LogP contribution in [0.5, 0.6) is 5.88 Å². The molecule has 134 valence electrons. The lowest BCUT2D eigenvalue weighted by Gasteiger charge is -2.39. The van der Waals surface area contributed by atoms with Crippen molar-refractivity contribution in [2.45, 2.75) is 37.5 Å². The molecule has 3 unspecified atom stereocenters. The Balaban J connectivity index is 1.46. The first-order valence-electron chi connectivity index (χ1n) is 8.70. The first-order chi connectivity index (χ1) is 12.2. The van der Waals surface area contributed by atoms with Crippen molar-refractivity contribution in [2.24, 2.45) is 7.05 Å².